The molecular weight excluding hydrogens is 251 g/mol. The molecule has 1 heterocycles. The molecule has 3 heteroatoms. The standard InChI is InChI=1S/C17H27FN2/c1-3-17(4-2)7-9-20(10-8-17)13-14-5-6-16(18)11-15(14)12-19/h5-6,11H,3-4,7-10,12-13,19H2,1-2H3. The minimum atomic E-state index is -0.191. The third kappa shape index (κ3) is 3.39. The third-order valence-electron chi connectivity index (χ3n) is 5.20. The number of hydrogen-bond donors (Lipinski definition) is 1. The number of nitrogens with zero attached hydrogens (tertiary/aromatic N) is 1. The van der Waals surface area contributed by atoms with Crippen LogP contribution >= 0.6 is 0 Å². The van der Waals surface area contributed by atoms with E-state index in [1.807, 2.05) is 6.07 Å². The van der Waals surface area contributed by atoms with E-state index in [1.54, 1.807) is 12.1 Å². The zero-order valence-electron chi connectivity index (χ0n) is 12.8. The lowest BCUT2D eigenvalue weighted by Crippen LogP contribution is -2.39. The first-order chi connectivity index (χ1) is 9.62. The fourth-order valence-electron chi connectivity index (χ4n) is 3.32. The Morgan fingerprint density at radius 3 is 2.35 bits per heavy atom. The Kier molecular flexibility index (Phi) is 5.17. The van der Waals surface area contributed by atoms with Gasteiger partial charge in [-0.3, -0.25) is 4.90 Å². The maximum absolute atomic E-state index is 13.2. The van der Waals surface area contributed by atoms with E-state index in [4.69, 9.17) is 5.73 Å². The number of rotatable bonds is 5. The molecule has 0 atom stereocenters. The molecule has 20 heavy (non-hydrogen) atoms. The van der Waals surface area contributed by atoms with Gasteiger partial charge in [0, 0.05) is 13.1 Å². The molecule has 0 spiro atoms. The smallest absolute Gasteiger partial charge is 0.123 e. The zero-order valence-corrected chi connectivity index (χ0v) is 12.8. The summed E-state index contributed by atoms with van der Waals surface area (Å²) in [5, 5.41) is 0. The molecule has 0 amide bonds. The van der Waals surface area contributed by atoms with Gasteiger partial charge in [0.25, 0.3) is 0 Å². The fraction of sp³-hybridized carbons (Fsp3) is 0.647. The van der Waals surface area contributed by atoms with E-state index in [0.717, 1.165) is 25.2 Å². The minimum absolute atomic E-state index is 0.191. The van der Waals surface area contributed by atoms with Crippen molar-refractivity contribution in [1.82, 2.24) is 4.90 Å². The highest BCUT2D eigenvalue weighted by Crippen LogP contribution is 2.38. The molecule has 2 nitrogen and oxygen atoms in total. The van der Waals surface area contributed by atoms with Crippen molar-refractivity contribution < 1.29 is 4.39 Å². The molecular formula is C17H27FN2. The Morgan fingerprint density at radius 2 is 1.80 bits per heavy atom. The quantitative estimate of drug-likeness (QED) is 0.890. The fourth-order valence-corrected chi connectivity index (χ4v) is 3.32. The van der Waals surface area contributed by atoms with Gasteiger partial charge in [-0.05, 0) is 54.6 Å². The van der Waals surface area contributed by atoms with Crippen LogP contribution in [0.3, 0.4) is 0 Å². The van der Waals surface area contributed by atoms with E-state index in [9.17, 15) is 4.39 Å². The van der Waals surface area contributed by atoms with Crippen molar-refractivity contribution in [3.05, 3.63) is 35.1 Å². The van der Waals surface area contributed by atoms with Gasteiger partial charge in [0.1, 0.15) is 5.82 Å². The largest absolute Gasteiger partial charge is 0.326 e. The highest BCUT2D eigenvalue weighted by atomic mass is 19.1. The van der Waals surface area contributed by atoms with Gasteiger partial charge in [0.05, 0.1) is 0 Å². The number of nitrogens with two attached hydrogens (primary N) is 1. The first kappa shape index (κ1) is 15.5. The molecule has 0 saturated carbocycles. The lowest BCUT2D eigenvalue weighted by atomic mass is 9.74. The normalized spacial score (nSPS) is 19.2. The van der Waals surface area contributed by atoms with Crippen LogP contribution in [0.5, 0.6) is 0 Å². The summed E-state index contributed by atoms with van der Waals surface area (Å²) in [5.41, 5.74) is 8.39. The zero-order chi connectivity index (χ0) is 14.6. The number of hydrogen-bond acceptors (Lipinski definition) is 2. The van der Waals surface area contributed by atoms with Gasteiger partial charge >= 0.3 is 0 Å². The van der Waals surface area contributed by atoms with Crippen LogP contribution in [0.1, 0.15) is 50.7 Å². The van der Waals surface area contributed by atoms with Crippen molar-refractivity contribution in [3.8, 4) is 0 Å². The molecule has 1 aliphatic rings. The minimum Gasteiger partial charge on any atom is -0.326 e. The number of benzene rings is 1. The SMILES string of the molecule is CCC1(CC)CCN(Cc2ccc(F)cc2CN)CC1. The second-order valence-electron chi connectivity index (χ2n) is 6.10. The Labute approximate surface area is 122 Å². The van der Waals surface area contributed by atoms with Gasteiger partial charge in [0.2, 0.25) is 0 Å². The number of likely N-dealkylation sites (tertiary alicyclic amines) is 1. The van der Waals surface area contributed by atoms with Crippen LogP contribution in [0.15, 0.2) is 18.2 Å². The van der Waals surface area contributed by atoms with Crippen molar-refractivity contribution in [2.24, 2.45) is 11.1 Å². The number of halogens is 1. The summed E-state index contributed by atoms with van der Waals surface area (Å²) in [6.45, 7) is 8.22. The summed E-state index contributed by atoms with van der Waals surface area (Å²) in [7, 11) is 0. The Bertz CT molecular complexity index is 431. The van der Waals surface area contributed by atoms with Crippen molar-refractivity contribution >= 4 is 0 Å². The van der Waals surface area contributed by atoms with E-state index in [2.05, 4.69) is 18.7 Å². The third-order valence-corrected chi connectivity index (χ3v) is 5.20. The highest BCUT2D eigenvalue weighted by Gasteiger charge is 2.31. The lowest BCUT2D eigenvalue weighted by Gasteiger charge is -2.41. The molecule has 0 bridgehead atoms. The van der Waals surface area contributed by atoms with E-state index in [1.165, 1.54) is 31.2 Å². The summed E-state index contributed by atoms with van der Waals surface area (Å²) in [4.78, 5) is 2.48. The van der Waals surface area contributed by atoms with Crippen LogP contribution in [0.25, 0.3) is 0 Å². The first-order valence-electron chi connectivity index (χ1n) is 7.82. The van der Waals surface area contributed by atoms with Gasteiger partial charge < -0.3 is 5.73 Å². The van der Waals surface area contributed by atoms with Crippen LogP contribution in [0.4, 0.5) is 4.39 Å². The molecule has 0 aliphatic carbocycles. The predicted molar refractivity (Wildman–Crippen MR) is 81.8 cm³/mol. The Hall–Kier alpha value is -0.930. The van der Waals surface area contributed by atoms with Gasteiger partial charge in [0.15, 0.2) is 0 Å². The van der Waals surface area contributed by atoms with E-state index in [0.29, 0.717) is 12.0 Å². The van der Waals surface area contributed by atoms with Gasteiger partial charge in [-0.1, -0.05) is 32.8 Å². The topological polar surface area (TPSA) is 29.3 Å². The molecule has 0 radical (unpaired) electrons. The van der Waals surface area contributed by atoms with Crippen LogP contribution < -0.4 is 5.73 Å². The average Bonchev–Trinajstić information content (AvgIpc) is 2.50. The van der Waals surface area contributed by atoms with Gasteiger partial charge in [-0.25, -0.2) is 4.39 Å². The second kappa shape index (κ2) is 6.68. The molecule has 1 fully saturated rings. The molecule has 2 N–H and O–H groups in total. The molecule has 0 unspecified atom stereocenters. The molecule has 112 valence electrons. The maximum Gasteiger partial charge on any atom is 0.123 e. The molecule has 0 aromatic heterocycles. The lowest BCUT2D eigenvalue weighted by molar-refractivity contribution is 0.0907. The molecule has 1 aromatic rings. The Morgan fingerprint density at radius 1 is 1.15 bits per heavy atom. The monoisotopic (exact) mass is 278 g/mol. The van der Waals surface area contributed by atoms with Crippen LogP contribution in [-0.2, 0) is 13.1 Å². The van der Waals surface area contributed by atoms with Crippen molar-refractivity contribution in [1.29, 1.82) is 0 Å². The van der Waals surface area contributed by atoms with Gasteiger partial charge in [-0.15, -0.1) is 0 Å². The summed E-state index contributed by atoms with van der Waals surface area (Å²) in [6, 6.07) is 5.00. The highest BCUT2D eigenvalue weighted by molar-refractivity contribution is 5.27. The molecule has 1 aliphatic heterocycles. The summed E-state index contributed by atoms with van der Waals surface area (Å²) in [6.07, 6.45) is 5.11. The van der Waals surface area contributed by atoms with Crippen LogP contribution in [0, 0.1) is 11.2 Å². The summed E-state index contributed by atoms with van der Waals surface area (Å²) >= 11 is 0. The summed E-state index contributed by atoms with van der Waals surface area (Å²) in [5.74, 6) is -0.191. The molecule has 2 rings (SSSR count). The van der Waals surface area contributed by atoms with E-state index in [-0.39, 0.29) is 5.82 Å². The summed E-state index contributed by atoms with van der Waals surface area (Å²) < 4.78 is 13.2. The predicted octanol–water partition coefficient (Wildman–Crippen LogP) is 3.69. The average molecular weight is 278 g/mol. The van der Waals surface area contributed by atoms with Crippen molar-refractivity contribution in [3.63, 3.8) is 0 Å². The van der Waals surface area contributed by atoms with E-state index >= 15 is 0 Å². The maximum atomic E-state index is 13.2. The molecule has 1 aromatic carbocycles. The van der Waals surface area contributed by atoms with Crippen LogP contribution in [-0.4, -0.2) is 18.0 Å². The first-order valence-corrected chi connectivity index (χ1v) is 7.82. The molecule has 1 saturated heterocycles. The van der Waals surface area contributed by atoms with Crippen LogP contribution in [0.2, 0.25) is 0 Å². The van der Waals surface area contributed by atoms with Gasteiger partial charge in [-0.2, -0.15) is 0 Å². The van der Waals surface area contributed by atoms with Crippen molar-refractivity contribution in [2.75, 3.05) is 13.1 Å². The second-order valence-corrected chi connectivity index (χ2v) is 6.10. The van der Waals surface area contributed by atoms with Crippen molar-refractivity contribution in [2.45, 2.75) is 52.6 Å². The number of piperidine rings is 1. The van der Waals surface area contributed by atoms with E-state index < -0.39 is 0 Å². The Balaban J connectivity index is 1.99.